The number of fused-ring (bicyclic) bond motifs is 1. The molecular weight excluding hydrogens is 322 g/mol. The summed E-state index contributed by atoms with van der Waals surface area (Å²) in [5, 5.41) is 11.2. The Morgan fingerprint density at radius 3 is 2.72 bits per heavy atom. The van der Waals surface area contributed by atoms with E-state index in [-0.39, 0.29) is 12.5 Å². The SMILES string of the molecule is C[C@H](C(=O)Nc1ccc(OCC#N)cc1)n1c(=O)oc2ccccc21. The molecule has 126 valence electrons. The van der Waals surface area contributed by atoms with Crippen molar-refractivity contribution in [1.82, 2.24) is 4.57 Å². The molecule has 0 aliphatic carbocycles. The molecule has 0 unspecified atom stereocenters. The van der Waals surface area contributed by atoms with Gasteiger partial charge in [-0.15, -0.1) is 0 Å². The molecule has 3 aromatic rings. The normalized spacial score (nSPS) is 11.7. The van der Waals surface area contributed by atoms with Crippen LogP contribution in [0.1, 0.15) is 13.0 Å². The fourth-order valence-electron chi connectivity index (χ4n) is 2.46. The van der Waals surface area contributed by atoms with Crippen LogP contribution in [0.2, 0.25) is 0 Å². The highest BCUT2D eigenvalue weighted by molar-refractivity contribution is 5.94. The molecule has 0 spiro atoms. The fraction of sp³-hybridized carbons (Fsp3) is 0.167. The lowest BCUT2D eigenvalue weighted by Gasteiger charge is -2.13. The zero-order valence-electron chi connectivity index (χ0n) is 13.4. The van der Waals surface area contributed by atoms with Gasteiger partial charge in [-0.05, 0) is 43.3 Å². The van der Waals surface area contributed by atoms with Crippen molar-refractivity contribution in [3.8, 4) is 11.8 Å². The molecule has 1 atom stereocenters. The number of oxazole rings is 1. The van der Waals surface area contributed by atoms with Crippen molar-refractivity contribution < 1.29 is 13.9 Å². The number of anilines is 1. The summed E-state index contributed by atoms with van der Waals surface area (Å²) in [7, 11) is 0. The van der Waals surface area contributed by atoms with Crippen LogP contribution in [0, 0.1) is 11.3 Å². The van der Waals surface area contributed by atoms with Crippen LogP contribution in [-0.4, -0.2) is 17.1 Å². The van der Waals surface area contributed by atoms with Crippen LogP contribution < -0.4 is 15.8 Å². The van der Waals surface area contributed by atoms with Crippen molar-refractivity contribution in [2.24, 2.45) is 0 Å². The van der Waals surface area contributed by atoms with E-state index in [1.54, 1.807) is 55.5 Å². The number of para-hydroxylation sites is 2. The Balaban J connectivity index is 1.77. The summed E-state index contributed by atoms with van der Waals surface area (Å²) in [5.41, 5.74) is 1.56. The Morgan fingerprint density at radius 2 is 2.00 bits per heavy atom. The molecule has 0 radical (unpaired) electrons. The molecule has 0 saturated heterocycles. The van der Waals surface area contributed by atoms with Crippen LogP contribution in [-0.2, 0) is 4.79 Å². The third-order valence-corrected chi connectivity index (χ3v) is 3.71. The first-order valence-electron chi connectivity index (χ1n) is 7.61. The minimum atomic E-state index is -0.745. The van der Waals surface area contributed by atoms with Gasteiger partial charge in [-0.1, -0.05) is 12.1 Å². The molecule has 25 heavy (non-hydrogen) atoms. The Labute approximate surface area is 143 Å². The molecule has 1 amide bonds. The number of nitriles is 1. The number of amides is 1. The van der Waals surface area contributed by atoms with Crippen LogP contribution in [0.4, 0.5) is 5.69 Å². The van der Waals surface area contributed by atoms with Gasteiger partial charge in [-0.3, -0.25) is 9.36 Å². The number of nitrogens with zero attached hydrogens (tertiary/aromatic N) is 2. The van der Waals surface area contributed by atoms with Gasteiger partial charge >= 0.3 is 5.76 Å². The highest BCUT2D eigenvalue weighted by Crippen LogP contribution is 2.19. The quantitative estimate of drug-likeness (QED) is 0.772. The Bertz CT molecular complexity index is 996. The van der Waals surface area contributed by atoms with Crippen LogP contribution in [0.5, 0.6) is 5.75 Å². The second-order valence-electron chi connectivity index (χ2n) is 5.34. The molecule has 1 N–H and O–H groups in total. The maximum absolute atomic E-state index is 12.5. The molecule has 0 saturated carbocycles. The summed E-state index contributed by atoms with van der Waals surface area (Å²) in [6, 6.07) is 14.7. The lowest BCUT2D eigenvalue weighted by Crippen LogP contribution is -2.29. The van der Waals surface area contributed by atoms with Crippen LogP contribution >= 0.6 is 0 Å². The summed E-state index contributed by atoms with van der Waals surface area (Å²) in [4.78, 5) is 24.5. The summed E-state index contributed by atoms with van der Waals surface area (Å²) in [6.07, 6.45) is 0. The van der Waals surface area contributed by atoms with Gasteiger partial charge in [-0.2, -0.15) is 5.26 Å². The maximum Gasteiger partial charge on any atom is 0.420 e. The Kier molecular flexibility index (Phi) is 4.53. The zero-order chi connectivity index (χ0) is 17.8. The average Bonchev–Trinajstić information content (AvgIpc) is 2.96. The van der Waals surface area contributed by atoms with Gasteiger partial charge in [-0.25, -0.2) is 4.79 Å². The van der Waals surface area contributed by atoms with E-state index in [1.165, 1.54) is 4.57 Å². The van der Waals surface area contributed by atoms with E-state index in [0.717, 1.165) is 0 Å². The lowest BCUT2D eigenvalue weighted by atomic mass is 10.2. The number of hydrogen-bond acceptors (Lipinski definition) is 5. The van der Waals surface area contributed by atoms with Crippen LogP contribution in [0.3, 0.4) is 0 Å². The molecule has 0 bridgehead atoms. The standard InChI is InChI=1S/C18H15N3O4/c1-12(21-15-4-2-3-5-16(15)25-18(21)23)17(22)20-13-6-8-14(9-7-13)24-11-10-19/h2-9,12H,11H2,1H3,(H,20,22)/t12-/m1/s1. The minimum Gasteiger partial charge on any atom is -0.479 e. The molecule has 1 heterocycles. The van der Waals surface area contributed by atoms with Crippen molar-refractivity contribution in [3.05, 3.63) is 59.1 Å². The van der Waals surface area contributed by atoms with Crippen molar-refractivity contribution in [3.63, 3.8) is 0 Å². The molecule has 2 aromatic carbocycles. The van der Waals surface area contributed by atoms with Crippen molar-refractivity contribution in [1.29, 1.82) is 5.26 Å². The second-order valence-corrected chi connectivity index (χ2v) is 5.34. The monoisotopic (exact) mass is 337 g/mol. The predicted octanol–water partition coefficient (Wildman–Crippen LogP) is 2.70. The summed E-state index contributed by atoms with van der Waals surface area (Å²) >= 11 is 0. The third-order valence-electron chi connectivity index (χ3n) is 3.71. The zero-order valence-corrected chi connectivity index (χ0v) is 13.4. The topological polar surface area (TPSA) is 97.3 Å². The third kappa shape index (κ3) is 3.38. The number of aromatic nitrogens is 1. The van der Waals surface area contributed by atoms with Gasteiger partial charge in [0.15, 0.2) is 12.2 Å². The van der Waals surface area contributed by atoms with Crippen molar-refractivity contribution in [2.75, 3.05) is 11.9 Å². The summed E-state index contributed by atoms with van der Waals surface area (Å²) < 4.78 is 11.6. The largest absolute Gasteiger partial charge is 0.479 e. The first-order valence-corrected chi connectivity index (χ1v) is 7.61. The molecule has 0 fully saturated rings. The number of ether oxygens (including phenoxy) is 1. The van der Waals surface area contributed by atoms with Crippen LogP contribution in [0.25, 0.3) is 11.1 Å². The molecule has 0 aliphatic heterocycles. The lowest BCUT2D eigenvalue weighted by molar-refractivity contribution is -0.118. The van der Waals surface area contributed by atoms with E-state index >= 15 is 0 Å². The van der Waals surface area contributed by atoms with Gasteiger partial charge in [0.05, 0.1) is 5.52 Å². The van der Waals surface area contributed by atoms with E-state index in [0.29, 0.717) is 22.5 Å². The van der Waals surface area contributed by atoms with Crippen molar-refractivity contribution in [2.45, 2.75) is 13.0 Å². The van der Waals surface area contributed by atoms with E-state index in [2.05, 4.69) is 5.32 Å². The van der Waals surface area contributed by atoms with Gasteiger partial charge < -0.3 is 14.5 Å². The fourth-order valence-corrected chi connectivity index (χ4v) is 2.46. The van der Waals surface area contributed by atoms with Crippen LogP contribution in [0.15, 0.2) is 57.7 Å². The van der Waals surface area contributed by atoms with Gasteiger partial charge in [0.2, 0.25) is 5.91 Å². The second kappa shape index (κ2) is 6.93. The number of carbonyl (C=O) groups excluding carboxylic acids is 1. The van der Waals surface area contributed by atoms with E-state index in [4.69, 9.17) is 14.4 Å². The Morgan fingerprint density at radius 1 is 1.28 bits per heavy atom. The number of hydrogen-bond donors (Lipinski definition) is 1. The van der Waals surface area contributed by atoms with Crippen molar-refractivity contribution >= 4 is 22.7 Å². The highest BCUT2D eigenvalue weighted by Gasteiger charge is 2.21. The molecule has 1 aromatic heterocycles. The highest BCUT2D eigenvalue weighted by atomic mass is 16.5. The van der Waals surface area contributed by atoms with Gasteiger partial charge in [0.1, 0.15) is 17.9 Å². The summed E-state index contributed by atoms with van der Waals surface area (Å²) in [5.74, 6) is -0.395. The van der Waals surface area contributed by atoms with E-state index < -0.39 is 11.8 Å². The molecule has 7 heteroatoms. The first kappa shape index (κ1) is 16.3. The number of nitrogens with one attached hydrogen (secondary N) is 1. The average molecular weight is 337 g/mol. The number of carbonyl (C=O) groups is 1. The predicted molar refractivity (Wildman–Crippen MR) is 91.4 cm³/mol. The van der Waals surface area contributed by atoms with Gasteiger partial charge in [0.25, 0.3) is 0 Å². The number of benzene rings is 2. The first-order chi connectivity index (χ1) is 12.1. The molecule has 7 nitrogen and oxygen atoms in total. The molecular formula is C18H15N3O4. The maximum atomic E-state index is 12.5. The van der Waals surface area contributed by atoms with Gasteiger partial charge in [0, 0.05) is 5.69 Å². The molecule has 3 rings (SSSR count). The minimum absolute atomic E-state index is 0.0424. The van der Waals surface area contributed by atoms with E-state index in [9.17, 15) is 9.59 Å². The summed E-state index contributed by atoms with van der Waals surface area (Å²) in [6.45, 7) is 1.59. The molecule has 0 aliphatic rings. The van der Waals surface area contributed by atoms with E-state index in [1.807, 2.05) is 6.07 Å². The Hall–Kier alpha value is -3.53. The number of rotatable bonds is 5. The smallest absolute Gasteiger partial charge is 0.420 e.